The van der Waals surface area contributed by atoms with E-state index in [0.717, 1.165) is 31.8 Å². The number of nitrogens with zero attached hydrogens (tertiary/aromatic N) is 2. The third kappa shape index (κ3) is 4.24. The Morgan fingerprint density at radius 1 is 1.10 bits per heavy atom. The summed E-state index contributed by atoms with van der Waals surface area (Å²) in [7, 11) is 0. The molecule has 1 heterocycles. The molecule has 0 bridgehead atoms. The fraction of sp³-hybridized carbons (Fsp3) is 0.562. The lowest BCUT2D eigenvalue weighted by Crippen LogP contribution is -2.50. The van der Waals surface area contributed by atoms with Gasteiger partial charge in [-0.3, -0.25) is 9.69 Å². The molecule has 1 amide bonds. The van der Waals surface area contributed by atoms with Gasteiger partial charge in [-0.25, -0.2) is 8.78 Å². The van der Waals surface area contributed by atoms with Gasteiger partial charge in [-0.2, -0.15) is 0 Å². The molecule has 5 heteroatoms. The number of rotatable bonds is 2. The summed E-state index contributed by atoms with van der Waals surface area (Å²) in [4.78, 5) is 16.3. The minimum Gasteiger partial charge on any atom is -0.336 e. The molecule has 1 fully saturated rings. The van der Waals surface area contributed by atoms with Crippen molar-refractivity contribution in [1.29, 1.82) is 0 Å². The Bertz CT molecular complexity index is 517. The van der Waals surface area contributed by atoms with E-state index in [0.29, 0.717) is 13.1 Å². The summed E-state index contributed by atoms with van der Waals surface area (Å²) in [5.41, 5.74) is 0.435. The first kappa shape index (κ1) is 15.9. The number of amides is 1. The van der Waals surface area contributed by atoms with E-state index in [1.54, 1.807) is 4.90 Å². The Labute approximate surface area is 124 Å². The minimum absolute atomic E-state index is 0.207. The van der Waals surface area contributed by atoms with Gasteiger partial charge in [-0.05, 0) is 23.6 Å². The first-order valence-corrected chi connectivity index (χ1v) is 7.23. The molecule has 0 aliphatic carbocycles. The zero-order chi connectivity index (χ0) is 15.6. The molecule has 0 atom stereocenters. The van der Waals surface area contributed by atoms with Crippen LogP contribution < -0.4 is 0 Å². The molecule has 0 unspecified atom stereocenters. The van der Waals surface area contributed by atoms with Gasteiger partial charge in [0.15, 0.2) is 11.6 Å². The molecule has 1 aromatic carbocycles. The Hall–Kier alpha value is -1.49. The van der Waals surface area contributed by atoms with Crippen molar-refractivity contribution in [3.05, 3.63) is 35.4 Å². The molecule has 3 nitrogen and oxygen atoms in total. The van der Waals surface area contributed by atoms with E-state index in [1.165, 1.54) is 6.07 Å². The lowest BCUT2D eigenvalue weighted by atomic mass is 9.96. The number of carbonyl (C=O) groups is 1. The van der Waals surface area contributed by atoms with Gasteiger partial charge in [0.2, 0.25) is 0 Å². The van der Waals surface area contributed by atoms with Crippen molar-refractivity contribution in [2.24, 2.45) is 5.41 Å². The monoisotopic (exact) mass is 296 g/mol. The largest absolute Gasteiger partial charge is 0.336 e. The zero-order valence-corrected chi connectivity index (χ0v) is 12.8. The molecule has 1 aliphatic rings. The van der Waals surface area contributed by atoms with Crippen LogP contribution in [0.4, 0.5) is 8.78 Å². The van der Waals surface area contributed by atoms with Crippen molar-refractivity contribution >= 4 is 5.91 Å². The molecule has 1 aromatic rings. The molecular formula is C16H22F2N2O. The molecule has 0 saturated carbocycles. The van der Waals surface area contributed by atoms with Gasteiger partial charge in [0.1, 0.15) is 0 Å². The molecule has 0 radical (unpaired) electrons. The Morgan fingerprint density at radius 2 is 1.71 bits per heavy atom. The molecule has 0 spiro atoms. The summed E-state index contributed by atoms with van der Waals surface area (Å²) in [6, 6.07) is 3.31. The van der Waals surface area contributed by atoms with Crippen LogP contribution in [0.2, 0.25) is 0 Å². The van der Waals surface area contributed by atoms with Gasteiger partial charge < -0.3 is 4.90 Å². The molecular weight excluding hydrogens is 274 g/mol. The third-order valence-corrected chi connectivity index (χ3v) is 3.52. The quantitative estimate of drug-likeness (QED) is 0.838. The number of hydrogen-bond acceptors (Lipinski definition) is 2. The molecule has 1 aliphatic heterocycles. The average molecular weight is 296 g/mol. The number of piperazine rings is 1. The number of halogens is 2. The SMILES string of the molecule is CC(C)(C)CN1CCN(C(=O)c2ccc(F)c(F)c2)CC1. The molecule has 2 rings (SSSR count). The second kappa shape index (κ2) is 6.10. The van der Waals surface area contributed by atoms with Crippen molar-refractivity contribution in [2.45, 2.75) is 20.8 Å². The molecule has 0 aromatic heterocycles. The van der Waals surface area contributed by atoms with Crippen LogP contribution >= 0.6 is 0 Å². The lowest BCUT2D eigenvalue weighted by molar-refractivity contribution is 0.0591. The highest BCUT2D eigenvalue weighted by Gasteiger charge is 2.25. The first-order chi connectivity index (χ1) is 9.76. The maximum Gasteiger partial charge on any atom is 0.254 e. The standard InChI is InChI=1S/C16H22F2N2O/c1-16(2,3)11-19-6-8-20(9-7-19)15(21)12-4-5-13(17)14(18)10-12/h4-5,10H,6-9,11H2,1-3H3. The smallest absolute Gasteiger partial charge is 0.254 e. The van der Waals surface area contributed by atoms with Crippen LogP contribution in [0.15, 0.2) is 18.2 Å². The van der Waals surface area contributed by atoms with Gasteiger partial charge in [-0.15, -0.1) is 0 Å². The first-order valence-electron chi connectivity index (χ1n) is 7.23. The Kier molecular flexibility index (Phi) is 4.61. The summed E-state index contributed by atoms with van der Waals surface area (Å²) in [5.74, 6) is -2.14. The maximum absolute atomic E-state index is 13.2. The average Bonchev–Trinajstić information content (AvgIpc) is 2.40. The minimum atomic E-state index is -0.979. The summed E-state index contributed by atoms with van der Waals surface area (Å²) >= 11 is 0. The zero-order valence-electron chi connectivity index (χ0n) is 12.8. The molecule has 21 heavy (non-hydrogen) atoms. The summed E-state index contributed by atoms with van der Waals surface area (Å²) in [6.45, 7) is 10.4. The lowest BCUT2D eigenvalue weighted by Gasteiger charge is -2.37. The predicted octanol–water partition coefficient (Wildman–Crippen LogP) is 2.77. The van der Waals surface area contributed by atoms with Crippen molar-refractivity contribution in [3.63, 3.8) is 0 Å². The van der Waals surface area contributed by atoms with Crippen molar-refractivity contribution in [2.75, 3.05) is 32.7 Å². The van der Waals surface area contributed by atoms with Crippen LogP contribution in [-0.4, -0.2) is 48.4 Å². The summed E-state index contributed by atoms with van der Waals surface area (Å²) in [6.07, 6.45) is 0. The number of benzene rings is 1. The molecule has 116 valence electrons. The van der Waals surface area contributed by atoms with Crippen LogP contribution in [0.25, 0.3) is 0 Å². The number of carbonyl (C=O) groups excluding carboxylic acids is 1. The summed E-state index contributed by atoms with van der Waals surface area (Å²) in [5, 5.41) is 0. The second-order valence-corrected chi connectivity index (χ2v) is 6.76. The van der Waals surface area contributed by atoms with Crippen LogP contribution in [0, 0.1) is 17.0 Å². The van der Waals surface area contributed by atoms with E-state index in [9.17, 15) is 13.6 Å². The maximum atomic E-state index is 13.2. The third-order valence-electron chi connectivity index (χ3n) is 3.52. The highest BCUT2D eigenvalue weighted by molar-refractivity contribution is 5.94. The normalized spacial score (nSPS) is 17.1. The van der Waals surface area contributed by atoms with Crippen LogP contribution in [0.5, 0.6) is 0 Å². The predicted molar refractivity (Wildman–Crippen MR) is 78.2 cm³/mol. The van der Waals surface area contributed by atoms with E-state index in [1.807, 2.05) is 0 Å². The van der Waals surface area contributed by atoms with Gasteiger partial charge in [0.25, 0.3) is 5.91 Å². The fourth-order valence-electron chi connectivity index (χ4n) is 2.59. The van der Waals surface area contributed by atoms with Crippen molar-refractivity contribution in [1.82, 2.24) is 9.80 Å². The van der Waals surface area contributed by atoms with E-state index in [-0.39, 0.29) is 16.9 Å². The van der Waals surface area contributed by atoms with E-state index in [2.05, 4.69) is 25.7 Å². The van der Waals surface area contributed by atoms with Gasteiger partial charge >= 0.3 is 0 Å². The van der Waals surface area contributed by atoms with E-state index >= 15 is 0 Å². The van der Waals surface area contributed by atoms with Gasteiger partial charge in [0, 0.05) is 38.3 Å². The Morgan fingerprint density at radius 3 is 2.24 bits per heavy atom. The van der Waals surface area contributed by atoms with E-state index < -0.39 is 11.6 Å². The second-order valence-electron chi connectivity index (χ2n) is 6.76. The van der Waals surface area contributed by atoms with Crippen LogP contribution in [0.3, 0.4) is 0 Å². The molecule has 1 saturated heterocycles. The van der Waals surface area contributed by atoms with E-state index in [4.69, 9.17) is 0 Å². The summed E-state index contributed by atoms with van der Waals surface area (Å²) < 4.78 is 26.1. The topological polar surface area (TPSA) is 23.6 Å². The highest BCUT2D eigenvalue weighted by Crippen LogP contribution is 2.17. The number of hydrogen-bond donors (Lipinski definition) is 0. The Balaban J connectivity index is 1.95. The van der Waals surface area contributed by atoms with Crippen molar-refractivity contribution in [3.8, 4) is 0 Å². The van der Waals surface area contributed by atoms with Crippen molar-refractivity contribution < 1.29 is 13.6 Å². The van der Waals surface area contributed by atoms with Gasteiger partial charge in [-0.1, -0.05) is 20.8 Å². The molecule has 0 N–H and O–H groups in total. The van der Waals surface area contributed by atoms with Crippen LogP contribution in [0.1, 0.15) is 31.1 Å². The highest BCUT2D eigenvalue weighted by atomic mass is 19.2. The fourth-order valence-corrected chi connectivity index (χ4v) is 2.59. The van der Waals surface area contributed by atoms with Gasteiger partial charge in [0.05, 0.1) is 0 Å². The van der Waals surface area contributed by atoms with Crippen LogP contribution in [-0.2, 0) is 0 Å².